The summed E-state index contributed by atoms with van der Waals surface area (Å²) in [7, 11) is 1.77. The Bertz CT molecular complexity index is 1250. The van der Waals surface area contributed by atoms with Crippen molar-refractivity contribution in [3.8, 4) is 0 Å². The summed E-state index contributed by atoms with van der Waals surface area (Å²) in [5.74, 6) is -0.762. The van der Waals surface area contributed by atoms with Gasteiger partial charge < -0.3 is 0 Å². The zero-order valence-electron chi connectivity index (χ0n) is 16.1. The van der Waals surface area contributed by atoms with Crippen LogP contribution in [0.5, 0.6) is 0 Å². The summed E-state index contributed by atoms with van der Waals surface area (Å²) in [4.78, 5) is 16.7. The Morgan fingerprint density at radius 3 is 2.48 bits per heavy atom. The molecule has 4 rings (SSSR count). The van der Waals surface area contributed by atoms with Crippen LogP contribution < -0.4 is 5.56 Å². The van der Waals surface area contributed by atoms with Gasteiger partial charge in [-0.1, -0.05) is 19.1 Å². The van der Waals surface area contributed by atoms with Gasteiger partial charge in [-0.2, -0.15) is 10.2 Å². The third kappa shape index (κ3) is 3.30. The first-order chi connectivity index (χ1) is 13.9. The van der Waals surface area contributed by atoms with Crippen LogP contribution in [0.2, 0.25) is 0 Å². The van der Waals surface area contributed by atoms with Crippen LogP contribution in [0, 0.1) is 18.6 Å². The molecule has 2 aromatic carbocycles. The smallest absolute Gasteiger partial charge is 0.267 e. The maximum absolute atomic E-state index is 14.0. The fourth-order valence-corrected chi connectivity index (χ4v) is 3.84. The highest BCUT2D eigenvalue weighted by molar-refractivity contribution is 5.87. The number of nitrogens with one attached hydrogen (secondary N) is 1. The van der Waals surface area contributed by atoms with E-state index in [9.17, 15) is 13.6 Å². The quantitative estimate of drug-likeness (QED) is 0.573. The zero-order valence-corrected chi connectivity index (χ0v) is 16.1. The minimum absolute atomic E-state index is 0.176. The van der Waals surface area contributed by atoms with Crippen molar-refractivity contribution in [2.75, 3.05) is 0 Å². The van der Waals surface area contributed by atoms with Crippen LogP contribution in [-0.4, -0.2) is 25.0 Å². The minimum Gasteiger partial charge on any atom is -0.267 e. The average molecular weight is 395 g/mol. The van der Waals surface area contributed by atoms with Crippen LogP contribution in [-0.2, 0) is 7.05 Å². The molecule has 6 nitrogen and oxygen atoms in total. The molecular formula is C21H19F2N5O. The van der Waals surface area contributed by atoms with Crippen LogP contribution >= 0.6 is 0 Å². The number of H-pyrrole nitrogens is 1. The van der Waals surface area contributed by atoms with E-state index in [-0.39, 0.29) is 17.1 Å². The molecule has 29 heavy (non-hydrogen) atoms. The number of hydrogen-bond acceptors (Lipinski definition) is 4. The van der Waals surface area contributed by atoms with E-state index in [1.165, 1.54) is 30.6 Å². The number of nitrogens with zero attached hydrogens (tertiary/aromatic N) is 4. The van der Waals surface area contributed by atoms with E-state index in [0.717, 1.165) is 5.56 Å². The molecule has 2 heterocycles. The third-order valence-electron chi connectivity index (χ3n) is 5.29. The van der Waals surface area contributed by atoms with Gasteiger partial charge in [0.2, 0.25) is 0 Å². The van der Waals surface area contributed by atoms with Crippen LogP contribution in [0.1, 0.15) is 41.4 Å². The van der Waals surface area contributed by atoms with E-state index >= 15 is 0 Å². The van der Waals surface area contributed by atoms with Gasteiger partial charge >= 0.3 is 0 Å². The highest BCUT2D eigenvalue weighted by Gasteiger charge is 2.31. The molecule has 1 N–H and O–H groups in total. The predicted octanol–water partition coefficient (Wildman–Crippen LogP) is 3.57. The van der Waals surface area contributed by atoms with Gasteiger partial charge in [0.05, 0.1) is 17.0 Å². The van der Waals surface area contributed by atoms with Gasteiger partial charge in [0.25, 0.3) is 5.56 Å². The van der Waals surface area contributed by atoms with Crippen molar-refractivity contribution < 1.29 is 8.78 Å². The number of aryl methyl sites for hydroxylation is 2. The lowest BCUT2D eigenvalue weighted by atomic mass is 9.82. The van der Waals surface area contributed by atoms with Crippen molar-refractivity contribution in [1.29, 1.82) is 0 Å². The summed E-state index contributed by atoms with van der Waals surface area (Å²) in [6, 6.07) is 8.82. The molecule has 0 amide bonds. The van der Waals surface area contributed by atoms with Crippen molar-refractivity contribution in [2.45, 2.75) is 25.7 Å². The van der Waals surface area contributed by atoms with Crippen molar-refractivity contribution in [3.63, 3.8) is 0 Å². The first-order valence-corrected chi connectivity index (χ1v) is 9.14. The molecule has 148 valence electrons. The molecule has 0 aliphatic heterocycles. The molecule has 2 atom stereocenters. The summed E-state index contributed by atoms with van der Waals surface area (Å²) in [6.45, 7) is 3.72. The zero-order chi connectivity index (χ0) is 20.7. The van der Waals surface area contributed by atoms with Crippen LogP contribution in [0.4, 0.5) is 8.78 Å². The van der Waals surface area contributed by atoms with E-state index in [4.69, 9.17) is 0 Å². The normalized spacial score (nSPS) is 13.6. The molecule has 2 aromatic heterocycles. The Hall–Kier alpha value is -3.42. The van der Waals surface area contributed by atoms with Crippen molar-refractivity contribution in [3.05, 3.63) is 87.4 Å². The first-order valence-electron chi connectivity index (χ1n) is 9.14. The average Bonchev–Trinajstić information content (AvgIpc) is 3.10. The second-order valence-corrected chi connectivity index (χ2v) is 7.14. The van der Waals surface area contributed by atoms with Crippen LogP contribution in [0.15, 0.2) is 47.5 Å². The van der Waals surface area contributed by atoms with E-state index < -0.39 is 17.3 Å². The SMILES string of the molecule is Cc1cc(F)cc2c(=O)[nH]nc([C@H](c3ncnn3C)[C@H](C)c3ccc(F)cc3)c12. The molecule has 0 bridgehead atoms. The second kappa shape index (κ2) is 7.20. The lowest BCUT2D eigenvalue weighted by Crippen LogP contribution is -2.21. The molecule has 0 saturated carbocycles. The van der Waals surface area contributed by atoms with E-state index in [2.05, 4.69) is 20.3 Å². The highest BCUT2D eigenvalue weighted by atomic mass is 19.1. The number of hydrogen-bond donors (Lipinski definition) is 1. The van der Waals surface area contributed by atoms with Gasteiger partial charge in [0, 0.05) is 12.4 Å². The van der Waals surface area contributed by atoms with Crippen molar-refractivity contribution in [2.24, 2.45) is 7.05 Å². The molecular weight excluding hydrogens is 376 g/mol. The minimum atomic E-state index is -0.487. The number of aromatic amines is 1. The van der Waals surface area contributed by atoms with Gasteiger partial charge in [-0.25, -0.2) is 18.9 Å². The maximum atomic E-state index is 14.0. The van der Waals surface area contributed by atoms with Crippen LogP contribution in [0.25, 0.3) is 10.8 Å². The Kier molecular flexibility index (Phi) is 4.70. The fraction of sp³-hybridized carbons (Fsp3) is 0.238. The van der Waals surface area contributed by atoms with Gasteiger partial charge in [0.1, 0.15) is 23.8 Å². The lowest BCUT2D eigenvalue weighted by Gasteiger charge is -2.24. The number of aromatic nitrogens is 5. The van der Waals surface area contributed by atoms with Gasteiger partial charge in [0.15, 0.2) is 0 Å². The Morgan fingerprint density at radius 1 is 1.10 bits per heavy atom. The van der Waals surface area contributed by atoms with E-state index in [0.29, 0.717) is 22.5 Å². The molecule has 0 radical (unpaired) electrons. The van der Waals surface area contributed by atoms with Crippen molar-refractivity contribution in [1.82, 2.24) is 25.0 Å². The van der Waals surface area contributed by atoms with Gasteiger partial charge in [-0.3, -0.25) is 9.48 Å². The summed E-state index contributed by atoms with van der Waals surface area (Å²) in [5, 5.41) is 11.8. The topological polar surface area (TPSA) is 76.5 Å². The summed E-state index contributed by atoms with van der Waals surface area (Å²) in [5.41, 5.74) is 1.58. The van der Waals surface area contributed by atoms with Crippen LogP contribution in [0.3, 0.4) is 0 Å². The number of fused-ring (bicyclic) bond motifs is 1. The summed E-state index contributed by atoms with van der Waals surface area (Å²) >= 11 is 0. The monoisotopic (exact) mass is 395 g/mol. The molecule has 0 aliphatic carbocycles. The number of rotatable bonds is 4. The Labute approximate surface area is 165 Å². The predicted molar refractivity (Wildman–Crippen MR) is 105 cm³/mol. The lowest BCUT2D eigenvalue weighted by molar-refractivity contribution is 0.561. The molecule has 0 fully saturated rings. The fourth-order valence-electron chi connectivity index (χ4n) is 3.84. The molecule has 0 saturated heterocycles. The largest absolute Gasteiger partial charge is 0.272 e. The van der Waals surface area contributed by atoms with E-state index in [1.807, 2.05) is 6.92 Å². The standard InChI is InChI=1S/C21H19F2N5O/c1-11-8-15(23)9-16-17(11)19(26-27-21(16)29)18(20-24-10-25-28(20)3)12(2)13-4-6-14(22)7-5-13/h4-10,12,18H,1-3H3,(H,27,29)/t12-,18-/m1/s1. The first kappa shape index (κ1) is 18.9. The second-order valence-electron chi connectivity index (χ2n) is 7.14. The molecule has 8 heteroatoms. The summed E-state index contributed by atoms with van der Waals surface area (Å²) in [6.07, 6.45) is 1.44. The Morgan fingerprint density at radius 2 is 1.83 bits per heavy atom. The number of halogens is 2. The summed E-state index contributed by atoms with van der Waals surface area (Å²) < 4.78 is 29.1. The molecule has 0 unspecified atom stereocenters. The number of benzene rings is 2. The van der Waals surface area contributed by atoms with Gasteiger partial charge in [-0.15, -0.1) is 0 Å². The van der Waals surface area contributed by atoms with Gasteiger partial charge in [-0.05, 0) is 48.2 Å². The highest BCUT2D eigenvalue weighted by Crippen LogP contribution is 2.39. The molecule has 0 aliphatic rings. The van der Waals surface area contributed by atoms with E-state index in [1.54, 1.807) is 30.8 Å². The third-order valence-corrected chi connectivity index (χ3v) is 5.29. The maximum Gasteiger partial charge on any atom is 0.272 e. The molecule has 0 spiro atoms. The molecule has 4 aromatic rings. The Balaban J connectivity index is 2.00. The van der Waals surface area contributed by atoms with Crippen molar-refractivity contribution >= 4 is 10.8 Å².